The van der Waals surface area contributed by atoms with Gasteiger partial charge >= 0.3 is 0 Å². The molecule has 2 atom stereocenters. The number of aromatic amines is 1. The first-order valence-corrected chi connectivity index (χ1v) is 4.56. The lowest BCUT2D eigenvalue weighted by Gasteiger charge is -2.12. The molecule has 0 bridgehead atoms. The van der Waals surface area contributed by atoms with E-state index < -0.39 is 12.1 Å². The molecule has 0 radical (unpaired) electrons. The van der Waals surface area contributed by atoms with Gasteiger partial charge in [0.1, 0.15) is 0 Å². The average Bonchev–Trinajstić information content (AvgIpc) is 2.60. The highest BCUT2D eigenvalue weighted by Crippen LogP contribution is 2.22. The molecule has 2 unspecified atom stereocenters. The molecule has 0 aliphatic carbocycles. The van der Waals surface area contributed by atoms with E-state index in [2.05, 4.69) is 9.97 Å². The number of nitrogens with two attached hydrogens (primary N) is 1. The summed E-state index contributed by atoms with van der Waals surface area (Å²) in [5.41, 5.74) is 8.47. The van der Waals surface area contributed by atoms with Crippen LogP contribution in [0.1, 0.15) is 18.5 Å². The Kier molecular flexibility index (Phi) is 2.23. The van der Waals surface area contributed by atoms with Crippen molar-refractivity contribution in [3.05, 3.63) is 30.1 Å². The molecule has 0 saturated heterocycles. The smallest absolute Gasteiger partial charge is 0.0927 e. The van der Waals surface area contributed by atoms with Crippen molar-refractivity contribution in [1.29, 1.82) is 0 Å². The molecule has 4 heteroatoms. The second-order valence-corrected chi connectivity index (χ2v) is 3.41. The average molecular weight is 191 g/mol. The highest BCUT2D eigenvalue weighted by molar-refractivity contribution is 5.79. The third-order valence-electron chi connectivity index (χ3n) is 2.34. The third-order valence-corrected chi connectivity index (χ3v) is 2.34. The van der Waals surface area contributed by atoms with E-state index in [1.54, 1.807) is 19.3 Å². The minimum atomic E-state index is -0.573. The predicted molar refractivity (Wildman–Crippen MR) is 54.7 cm³/mol. The molecule has 2 rings (SSSR count). The molecule has 2 aromatic rings. The molecule has 0 fully saturated rings. The monoisotopic (exact) mass is 191 g/mol. The number of aliphatic hydroxyl groups excluding tert-OH is 1. The molecule has 2 aromatic heterocycles. The third kappa shape index (κ3) is 1.38. The van der Waals surface area contributed by atoms with Gasteiger partial charge in [-0.3, -0.25) is 4.98 Å². The SMILES string of the molecule is CC(O)C(N)c1c[nH]c2cccnc12. The van der Waals surface area contributed by atoms with Crippen LogP contribution in [-0.4, -0.2) is 21.2 Å². The van der Waals surface area contributed by atoms with Crippen LogP contribution in [0.25, 0.3) is 11.0 Å². The van der Waals surface area contributed by atoms with Crippen molar-refractivity contribution in [1.82, 2.24) is 9.97 Å². The number of fused-ring (bicyclic) bond motifs is 1. The maximum absolute atomic E-state index is 9.39. The van der Waals surface area contributed by atoms with Crippen LogP contribution < -0.4 is 5.73 Å². The van der Waals surface area contributed by atoms with E-state index in [9.17, 15) is 5.11 Å². The zero-order valence-electron chi connectivity index (χ0n) is 7.94. The Morgan fingerprint density at radius 1 is 1.57 bits per heavy atom. The van der Waals surface area contributed by atoms with Gasteiger partial charge in [0.05, 0.1) is 23.2 Å². The lowest BCUT2D eigenvalue weighted by Crippen LogP contribution is -2.22. The lowest BCUT2D eigenvalue weighted by molar-refractivity contribution is 0.165. The van der Waals surface area contributed by atoms with Crippen molar-refractivity contribution >= 4 is 11.0 Å². The summed E-state index contributed by atoms with van der Waals surface area (Å²) in [5, 5.41) is 9.39. The van der Waals surface area contributed by atoms with Crippen molar-refractivity contribution in [2.45, 2.75) is 19.1 Å². The maximum Gasteiger partial charge on any atom is 0.0927 e. The van der Waals surface area contributed by atoms with Crippen LogP contribution in [0.4, 0.5) is 0 Å². The number of nitrogens with one attached hydrogen (secondary N) is 1. The summed E-state index contributed by atoms with van der Waals surface area (Å²) in [5.74, 6) is 0. The molecule has 0 amide bonds. The van der Waals surface area contributed by atoms with Crippen molar-refractivity contribution in [3.63, 3.8) is 0 Å². The van der Waals surface area contributed by atoms with Gasteiger partial charge in [-0.15, -0.1) is 0 Å². The van der Waals surface area contributed by atoms with Gasteiger partial charge in [-0.25, -0.2) is 0 Å². The Labute approximate surface area is 81.8 Å². The Hall–Kier alpha value is -1.39. The van der Waals surface area contributed by atoms with Crippen LogP contribution in [0, 0.1) is 0 Å². The van der Waals surface area contributed by atoms with E-state index in [0.717, 1.165) is 16.6 Å². The molecule has 14 heavy (non-hydrogen) atoms. The molecule has 4 N–H and O–H groups in total. The first-order valence-electron chi connectivity index (χ1n) is 4.56. The first kappa shape index (κ1) is 9.18. The van der Waals surface area contributed by atoms with Gasteiger partial charge in [0, 0.05) is 18.0 Å². The Morgan fingerprint density at radius 2 is 2.36 bits per heavy atom. The highest BCUT2D eigenvalue weighted by Gasteiger charge is 2.16. The standard InChI is InChI=1S/C10H13N3O/c1-6(14)9(11)7-5-13-8-3-2-4-12-10(7)8/h2-6,9,13-14H,11H2,1H3. The minimum Gasteiger partial charge on any atom is -0.391 e. The maximum atomic E-state index is 9.39. The predicted octanol–water partition coefficient (Wildman–Crippen LogP) is 0.944. The Bertz CT molecular complexity index is 436. The summed E-state index contributed by atoms with van der Waals surface area (Å²) >= 11 is 0. The van der Waals surface area contributed by atoms with Crippen molar-refractivity contribution < 1.29 is 5.11 Å². The van der Waals surface area contributed by atoms with Gasteiger partial charge in [0.2, 0.25) is 0 Å². The van der Waals surface area contributed by atoms with Crippen LogP contribution in [0.15, 0.2) is 24.5 Å². The van der Waals surface area contributed by atoms with Gasteiger partial charge in [-0.2, -0.15) is 0 Å². The van der Waals surface area contributed by atoms with Crippen LogP contribution in [0.2, 0.25) is 0 Å². The molecule has 0 aromatic carbocycles. The Morgan fingerprint density at radius 3 is 3.07 bits per heavy atom. The number of H-pyrrole nitrogens is 1. The minimum absolute atomic E-state index is 0.390. The number of aliphatic hydroxyl groups is 1. The topological polar surface area (TPSA) is 74.9 Å². The zero-order chi connectivity index (χ0) is 10.1. The number of hydrogen-bond donors (Lipinski definition) is 3. The van der Waals surface area contributed by atoms with E-state index in [-0.39, 0.29) is 0 Å². The van der Waals surface area contributed by atoms with E-state index in [1.165, 1.54) is 0 Å². The van der Waals surface area contributed by atoms with Gasteiger partial charge in [-0.05, 0) is 19.1 Å². The summed E-state index contributed by atoms with van der Waals surface area (Å²) < 4.78 is 0. The molecule has 4 nitrogen and oxygen atoms in total. The van der Waals surface area contributed by atoms with Gasteiger partial charge in [0.15, 0.2) is 0 Å². The summed E-state index contributed by atoms with van der Waals surface area (Å²) in [7, 11) is 0. The zero-order valence-corrected chi connectivity index (χ0v) is 7.94. The Balaban J connectivity index is 2.53. The fraction of sp³-hybridized carbons (Fsp3) is 0.300. The largest absolute Gasteiger partial charge is 0.391 e. The van der Waals surface area contributed by atoms with E-state index in [0.29, 0.717) is 0 Å². The number of nitrogens with zero attached hydrogens (tertiary/aromatic N) is 1. The molecule has 0 aliphatic rings. The normalized spacial score (nSPS) is 15.6. The first-order chi connectivity index (χ1) is 6.70. The highest BCUT2D eigenvalue weighted by atomic mass is 16.3. The quantitative estimate of drug-likeness (QED) is 0.661. The molecular formula is C10H13N3O. The fourth-order valence-corrected chi connectivity index (χ4v) is 1.49. The number of rotatable bonds is 2. The van der Waals surface area contributed by atoms with Gasteiger partial charge < -0.3 is 15.8 Å². The molecule has 2 heterocycles. The molecule has 0 aliphatic heterocycles. The summed E-state index contributed by atoms with van der Waals surface area (Å²) in [6.07, 6.45) is 2.94. The van der Waals surface area contributed by atoms with Crippen LogP contribution >= 0.6 is 0 Å². The van der Waals surface area contributed by atoms with E-state index >= 15 is 0 Å². The van der Waals surface area contributed by atoms with Gasteiger partial charge in [0.25, 0.3) is 0 Å². The molecule has 0 saturated carbocycles. The number of pyridine rings is 1. The van der Waals surface area contributed by atoms with Crippen LogP contribution in [-0.2, 0) is 0 Å². The van der Waals surface area contributed by atoms with Gasteiger partial charge in [-0.1, -0.05) is 0 Å². The second-order valence-electron chi connectivity index (χ2n) is 3.41. The van der Waals surface area contributed by atoms with Crippen LogP contribution in [0.5, 0.6) is 0 Å². The molecule has 0 spiro atoms. The van der Waals surface area contributed by atoms with Crippen molar-refractivity contribution in [2.24, 2.45) is 5.73 Å². The van der Waals surface area contributed by atoms with Crippen molar-refractivity contribution in [2.75, 3.05) is 0 Å². The number of aromatic nitrogens is 2. The van der Waals surface area contributed by atoms with E-state index in [1.807, 2.05) is 12.1 Å². The summed E-state index contributed by atoms with van der Waals surface area (Å²) in [6.45, 7) is 1.67. The molecule has 74 valence electrons. The lowest BCUT2D eigenvalue weighted by atomic mass is 10.1. The number of hydrogen-bond acceptors (Lipinski definition) is 3. The van der Waals surface area contributed by atoms with Crippen LogP contribution in [0.3, 0.4) is 0 Å². The molecular weight excluding hydrogens is 178 g/mol. The fourth-order valence-electron chi connectivity index (χ4n) is 1.49. The second kappa shape index (κ2) is 3.40. The summed E-state index contributed by atoms with van der Waals surface area (Å²) in [4.78, 5) is 7.29. The van der Waals surface area contributed by atoms with E-state index in [4.69, 9.17) is 5.73 Å². The van der Waals surface area contributed by atoms with Crippen molar-refractivity contribution in [3.8, 4) is 0 Å². The summed E-state index contributed by atoms with van der Waals surface area (Å²) in [6, 6.07) is 3.40.